The number of nitrogens with one attached hydrogen (secondary N) is 2. The van der Waals surface area contributed by atoms with Crippen LogP contribution in [0.5, 0.6) is 0 Å². The lowest BCUT2D eigenvalue weighted by molar-refractivity contribution is -0.128. The van der Waals surface area contributed by atoms with Gasteiger partial charge in [0.2, 0.25) is 11.8 Å². The number of piperidine rings is 1. The average molecular weight is 339 g/mol. The number of carbonyl (C=O) groups is 2. The summed E-state index contributed by atoms with van der Waals surface area (Å²) in [5, 5.41) is 6.20. The number of rotatable bonds is 6. The molecule has 0 bridgehead atoms. The van der Waals surface area contributed by atoms with Crippen LogP contribution in [0.2, 0.25) is 0 Å². The largest absolute Gasteiger partial charge is 0.370 e. The minimum absolute atomic E-state index is 0.0298. The molecule has 0 aliphatic carbocycles. The fourth-order valence-corrected chi connectivity index (χ4v) is 2.73. The minimum atomic E-state index is -0.386. The second-order valence-electron chi connectivity index (χ2n) is 7.37. The number of amides is 2. The van der Waals surface area contributed by atoms with Crippen LogP contribution in [0.1, 0.15) is 47.0 Å². The quantitative estimate of drug-likeness (QED) is 0.377. The number of primary amides is 1. The van der Waals surface area contributed by atoms with Crippen molar-refractivity contribution in [1.29, 1.82) is 0 Å². The van der Waals surface area contributed by atoms with E-state index in [0.29, 0.717) is 25.4 Å². The summed E-state index contributed by atoms with van der Waals surface area (Å²) in [6.07, 6.45) is 2.49. The van der Waals surface area contributed by atoms with Crippen LogP contribution in [0.25, 0.3) is 0 Å². The van der Waals surface area contributed by atoms with Crippen molar-refractivity contribution in [3.63, 3.8) is 0 Å². The Bertz CT molecular complexity index is 456. The monoisotopic (exact) mass is 339 g/mol. The molecule has 7 heteroatoms. The van der Waals surface area contributed by atoms with Crippen molar-refractivity contribution >= 4 is 17.8 Å². The van der Waals surface area contributed by atoms with Crippen molar-refractivity contribution in [2.24, 2.45) is 22.1 Å². The van der Waals surface area contributed by atoms with E-state index in [-0.39, 0.29) is 17.2 Å². The first-order valence-electron chi connectivity index (χ1n) is 8.84. The van der Waals surface area contributed by atoms with Gasteiger partial charge in [-0.25, -0.2) is 0 Å². The number of carbonyl (C=O) groups excluding carboxylic acids is 2. The number of guanidine groups is 1. The fourth-order valence-electron chi connectivity index (χ4n) is 2.73. The number of hydrogen-bond acceptors (Lipinski definition) is 3. The highest BCUT2D eigenvalue weighted by molar-refractivity contribution is 5.82. The van der Waals surface area contributed by atoms with Crippen molar-refractivity contribution in [2.75, 3.05) is 32.7 Å². The Kier molecular flexibility index (Phi) is 8.01. The number of nitrogens with zero attached hydrogens (tertiary/aromatic N) is 2. The van der Waals surface area contributed by atoms with E-state index in [4.69, 9.17) is 5.73 Å². The molecule has 1 saturated heterocycles. The van der Waals surface area contributed by atoms with Gasteiger partial charge in [0.15, 0.2) is 5.96 Å². The molecule has 1 atom stereocenters. The fraction of sp³-hybridized carbons (Fsp3) is 0.824. The number of hydrogen-bond donors (Lipinski definition) is 3. The van der Waals surface area contributed by atoms with Gasteiger partial charge in [-0.05, 0) is 25.7 Å². The van der Waals surface area contributed by atoms with Crippen LogP contribution in [0.15, 0.2) is 4.99 Å². The van der Waals surface area contributed by atoms with Gasteiger partial charge >= 0.3 is 0 Å². The molecule has 7 nitrogen and oxygen atoms in total. The van der Waals surface area contributed by atoms with Crippen LogP contribution >= 0.6 is 0 Å². The van der Waals surface area contributed by atoms with Crippen LogP contribution < -0.4 is 16.4 Å². The first kappa shape index (κ1) is 20.3. The molecule has 1 aliphatic rings. The molecule has 4 N–H and O–H groups in total. The third-order valence-corrected chi connectivity index (χ3v) is 3.98. The van der Waals surface area contributed by atoms with Crippen LogP contribution in [-0.2, 0) is 9.59 Å². The second-order valence-corrected chi connectivity index (χ2v) is 7.37. The molecule has 0 spiro atoms. The van der Waals surface area contributed by atoms with Crippen molar-refractivity contribution in [3.05, 3.63) is 0 Å². The molecule has 2 amide bonds. The zero-order valence-electron chi connectivity index (χ0n) is 15.5. The number of nitrogens with two attached hydrogens (primary N) is 1. The van der Waals surface area contributed by atoms with Gasteiger partial charge in [-0.1, -0.05) is 20.8 Å². The van der Waals surface area contributed by atoms with Crippen molar-refractivity contribution in [2.45, 2.75) is 47.0 Å². The van der Waals surface area contributed by atoms with E-state index in [9.17, 15) is 9.59 Å². The van der Waals surface area contributed by atoms with Crippen molar-refractivity contribution in [3.8, 4) is 0 Å². The summed E-state index contributed by atoms with van der Waals surface area (Å²) in [7, 11) is 0. The summed E-state index contributed by atoms with van der Waals surface area (Å²) in [5.74, 6) is 0.924. The van der Waals surface area contributed by atoms with Gasteiger partial charge in [-0.15, -0.1) is 0 Å². The highest BCUT2D eigenvalue weighted by Gasteiger charge is 2.23. The van der Waals surface area contributed by atoms with Gasteiger partial charge in [0.1, 0.15) is 0 Å². The Morgan fingerprint density at radius 3 is 2.58 bits per heavy atom. The summed E-state index contributed by atoms with van der Waals surface area (Å²) in [6, 6.07) is 0. The molecular weight excluding hydrogens is 306 g/mol. The Morgan fingerprint density at radius 2 is 2.00 bits per heavy atom. The molecule has 138 valence electrons. The lowest BCUT2D eigenvalue weighted by atomic mass is 9.95. The molecule has 24 heavy (non-hydrogen) atoms. The summed E-state index contributed by atoms with van der Waals surface area (Å²) in [6.45, 7) is 11.3. The zero-order chi connectivity index (χ0) is 18.2. The average Bonchev–Trinajstić information content (AvgIpc) is 2.48. The summed E-state index contributed by atoms with van der Waals surface area (Å²) in [5.41, 5.74) is 4.94. The van der Waals surface area contributed by atoms with Gasteiger partial charge in [0.25, 0.3) is 0 Å². The van der Waals surface area contributed by atoms with Crippen LogP contribution in [0.3, 0.4) is 0 Å². The highest BCUT2D eigenvalue weighted by Crippen LogP contribution is 2.19. The molecule has 0 saturated carbocycles. The normalized spacial score (nSPS) is 19.1. The van der Waals surface area contributed by atoms with E-state index >= 15 is 0 Å². The highest BCUT2D eigenvalue weighted by atomic mass is 16.2. The Hall–Kier alpha value is -1.79. The lowest BCUT2D eigenvalue weighted by Crippen LogP contribution is -2.47. The second kappa shape index (κ2) is 9.49. The standard InChI is InChI=1S/C17H33N5O2/c1-5-19-16(21-9-8-20-15(24)17(2,3)4)22-10-6-7-13(12-22)11-14(18)23/h13H,5-12H2,1-4H3,(H2,18,23)(H,19,21)(H,20,24). The van der Waals surface area contributed by atoms with E-state index in [0.717, 1.165) is 38.4 Å². The topological polar surface area (TPSA) is 99.8 Å². The molecule has 1 unspecified atom stereocenters. The van der Waals surface area contributed by atoms with Gasteiger partial charge in [0, 0.05) is 38.0 Å². The van der Waals surface area contributed by atoms with Gasteiger partial charge < -0.3 is 21.3 Å². The molecule has 1 rings (SSSR count). The molecule has 0 aromatic carbocycles. The third-order valence-electron chi connectivity index (χ3n) is 3.98. The minimum Gasteiger partial charge on any atom is -0.370 e. The van der Waals surface area contributed by atoms with Gasteiger partial charge in [0.05, 0.1) is 6.54 Å². The molecule has 1 aliphatic heterocycles. The molecule has 1 fully saturated rings. The predicted molar refractivity (Wildman–Crippen MR) is 96.6 cm³/mol. The third kappa shape index (κ3) is 7.19. The molecule has 1 heterocycles. The van der Waals surface area contributed by atoms with Gasteiger partial charge in [-0.3, -0.25) is 14.6 Å². The first-order valence-corrected chi connectivity index (χ1v) is 8.84. The Labute approximate surface area is 145 Å². The molecule has 0 aromatic heterocycles. The Balaban J connectivity index is 2.55. The summed E-state index contributed by atoms with van der Waals surface area (Å²) in [4.78, 5) is 29.8. The van der Waals surface area contributed by atoms with E-state index in [1.165, 1.54) is 0 Å². The van der Waals surface area contributed by atoms with Crippen molar-refractivity contribution < 1.29 is 9.59 Å². The van der Waals surface area contributed by atoms with Crippen LogP contribution in [0, 0.1) is 11.3 Å². The summed E-state index contributed by atoms with van der Waals surface area (Å²) >= 11 is 0. The van der Waals surface area contributed by atoms with Crippen LogP contribution in [-0.4, -0.2) is 55.4 Å². The maximum absolute atomic E-state index is 11.9. The lowest BCUT2D eigenvalue weighted by Gasteiger charge is -2.34. The number of likely N-dealkylation sites (tertiary alicyclic amines) is 1. The molecule has 0 aromatic rings. The summed E-state index contributed by atoms with van der Waals surface area (Å²) < 4.78 is 0. The molecule has 0 radical (unpaired) electrons. The smallest absolute Gasteiger partial charge is 0.225 e. The SMILES string of the molecule is CCNC(=NCCNC(=O)C(C)(C)C)N1CCCC(CC(N)=O)C1. The van der Waals surface area contributed by atoms with E-state index in [2.05, 4.69) is 20.5 Å². The molecular formula is C17H33N5O2. The van der Waals surface area contributed by atoms with Gasteiger partial charge in [-0.2, -0.15) is 0 Å². The maximum atomic E-state index is 11.9. The predicted octanol–water partition coefficient (Wildman–Crippen LogP) is 0.702. The number of aliphatic imine (C=N–C) groups is 1. The first-order chi connectivity index (χ1) is 11.2. The zero-order valence-corrected chi connectivity index (χ0v) is 15.5. The van der Waals surface area contributed by atoms with Crippen molar-refractivity contribution in [1.82, 2.24) is 15.5 Å². The Morgan fingerprint density at radius 1 is 1.29 bits per heavy atom. The maximum Gasteiger partial charge on any atom is 0.225 e. The van der Waals surface area contributed by atoms with E-state index < -0.39 is 0 Å². The van der Waals surface area contributed by atoms with Crippen LogP contribution in [0.4, 0.5) is 0 Å². The van der Waals surface area contributed by atoms with E-state index in [1.807, 2.05) is 27.7 Å². The van der Waals surface area contributed by atoms with E-state index in [1.54, 1.807) is 0 Å².